The van der Waals surface area contributed by atoms with Crippen LogP contribution in [0.4, 0.5) is 11.4 Å². The third kappa shape index (κ3) is 5.85. The molecule has 2 aromatic carbocycles. The van der Waals surface area contributed by atoms with Gasteiger partial charge in [0.1, 0.15) is 17.2 Å². The van der Waals surface area contributed by atoms with Gasteiger partial charge in [0.05, 0.1) is 26.2 Å². The predicted molar refractivity (Wildman–Crippen MR) is 98.6 cm³/mol. The number of methoxy groups -OCH3 is 2. The summed E-state index contributed by atoms with van der Waals surface area (Å²) < 4.78 is 40.7. The first-order valence-corrected chi connectivity index (χ1v) is 9.42. The van der Waals surface area contributed by atoms with Crippen molar-refractivity contribution >= 4 is 27.3 Å². The van der Waals surface area contributed by atoms with Crippen LogP contribution in [0.15, 0.2) is 42.5 Å². The molecule has 0 aliphatic heterocycles. The summed E-state index contributed by atoms with van der Waals surface area (Å²) in [6, 6.07) is 11.4. The van der Waals surface area contributed by atoms with Crippen LogP contribution < -0.4 is 24.2 Å². The van der Waals surface area contributed by atoms with Crippen molar-refractivity contribution < 1.29 is 27.4 Å². The van der Waals surface area contributed by atoms with Gasteiger partial charge in [-0.05, 0) is 42.5 Å². The van der Waals surface area contributed by atoms with Crippen molar-refractivity contribution in [1.29, 1.82) is 0 Å². The van der Waals surface area contributed by atoms with Gasteiger partial charge < -0.3 is 19.5 Å². The molecule has 0 saturated heterocycles. The lowest BCUT2D eigenvalue weighted by Crippen LogP contribution is -2.20. The Labute approximate surface area is 152 Å². The number of carbonyl (C=O) groups excluding carboxylic acids is 1. The Kier molecular flexibility index (Phi) is 6.29. The van der Waals surface area contributed by atoms with E-state index in [0.29, 0.717) is 22.9 Å². The standard InChI is InChI=1S/C17H20N2O6S/c1-23-13-5-7-14(8-6-13)25-11-17(20)18-12-4-9-16(24-2)15(10-12)19-26(3,21)22/h4-10,19H,11H2,1-3H3,(H,18,20). The van der Waals surface area contributed by atoms with Crippen LogP contribution in [0.1, 0.15) is 0 Å². The molecule has 0 atom stereocenters. The van der Waals surface area contributed by atoms with Gasteiger partial charge in [-0.15, -0.1) is 0 Å². The van der Waals surface area contributed by atoms with Crippen LogP contribution >= 0.6 is 0 Å². The van der Waals surface area contributed by atoms with Gasteiger partial charge >= 0.3 is 0 Å². The van der Waals surface area contributed by atoms with Crippen LogP contribution in [0.25, 0.3) is 0 Å². The Hall–Kier alpha value is -2.94. The van der Waals surface area contributed by atoms with E-state index in [1.165, 1.54) is 13.2 Å². The summed E-state index contributed by atoms with van der Waals surface area (Å²) in [5.41, 5.74) is 0.629. The third-order valence-electron chi connectivity index (χ3n) is 3.21. The highest BCUT2D eigenvalue weighted by Gasteiger charge is 2.11. The molecule has 0 bridgehead atoms. The summed E-state index contributed by atoms with van der Waals surface area (Å²) in [4.78, 5) is 12.0. The lowest BCUT2D eigenvalue weighted by atomic mass is 10.2. The van der Waals surface area contributed by atoms with E-state index in [1.807, 2.05) is 0 Å². The quantitative estimate of drug-likeness (QED) is 0.727. The predicted octanol–water partition coefficient (Wildman–Crippen LogP) is 2.09. The Morgan fingerprint density at radius 1 is 1.00 bits per heavy atom. The van der Waals surface area contributed by atoms with E-state index >= 15 is 0 Å². The Balaban J connectivity index is 2.00. The molecule has 0 unspecified atom stereocenters. The molecule has 0 spiro atoms. The summed E-state index contributed by atoms with van der Waals surface area (Å²) in [6.45, 7) is -0.201. The number of sulfonamides is 1. The fourth-order valence-electron chi connectivity index (χ4n) is 2.08. The molecular formula is C17H20N2O6S. The number of rotatable bonds is 8. The molecule has 2 rings (SSSR count). The smallest absolute Gasteiger partial charge is 0.262 e. The normalized spacial score (nSPS) is 10.7. The molecular weight excluding hydrogens is 360 g/mol. The van der Waals surface area contributed by atoms with Crippen LogP contribution in [-0.4, -0.2) is 41.4 Å². The summed E-state index contributed by atoms with van der Waals surface area (Å²) in [5, 5.41) is 2.63. The van der Waals surface area contributed by atoms with E-state index in [-0.39, 0.29) is 12.3 Å². The summed E-state index contributed by atoms with van der Waals surface area (Å²) >= 11 is 0. The van der Waals surface area contributed by atoms with Crippen molar-refractivity contribution in [2.75, 3.05) is 37.1 Å². The summed E-state index contributed by atoms with van der Waals surface area (Å²) in [5.74, 6) is 1.15. The van der Waals surface area contributed by atoms with Gasteiger partial charge in [-0.3, -0.25) is 9.52 Å². The fraction of sp³-hybridized carbons (Fsp3) is 0.235. The molecule has 0 fully saturated rings. The van der Waals surface area contributed by atoms with Crippen LogP contribution in [0, 0.1) is 0 Å². The zero-order valence-electron chi connectivity index (χ0n) is 14.6. The van der Waals surface area contributed by atoms with Gasteiger partial charge in [0.2, 0.25) is 10.0 Å². The SMILES string of the molecule is COc1ccc(OCC(=O)Nc2ccc(OC)c(NS(C)(=O)=O)c2)cc1. The van der Waals surface area contributed by atoms with Gasteiger partial charge in [0.25, 0.3) is 5.91 Å². The molecule has 0 heterocycles. The maximum Gasteiger partial charge on any atom is 0.262 e. The molecule has 26 heavy (non-hydrogen) atoms. The number of ether oxygens (including phenoxy) is 3. The molecule has 0 aromatic heterocycles. The van der Waals surface area contributed by atoms with Crippen LogP contribution in [0.3, 0.4) is 0 Å². The summed E-state index contributed by atoms with van der Waals surface area (Å²) in [6.07, 6.45) is 1.03. The zero-order chi connectivity index (χ0) is 19.2. The highest BCUT2D eigenvalue weighted by atomic mass is 32.2. The van der Waals surface area contributed by atoms with E-state index < -0.39 is 15.9 Å². The average Bonchev–Trinajstić information content (AvgIpc) is 2.59. The Bertz CT molecular complexity index is 865. The number of benzene rings is 2. The van der Waals surface area contributed by atoms with Crippen molar-refractivity contribution in [1.82, 2.24) is 0 Å². The molecule has 0 aliphatic carbocycles. The van der Waals surface area contributed by atoms with Crippen LogP contribution in [-0.2, 0) is 14.8 Å². The monoisotopic (exact) mass is 380 g/mol. The Morgan fingerprint density at radius 3 is 2.23 bits per heavy atom. The zero-order valence-corrected chi connectivity index (χ0v) is 15.4. The van der Waals surface area contributed by atoms with Crippen LogP contribution in [0.5, 0.6) is 17.2 Å². The number of hydrogen-bond acceptors (Lipinski definition) is 6. The van der Waals surface area contributed by atoms with E-state index in [2.05, 4.69) is 10.0 Å². The number of anilines is 2. The van der Waals surface area contributed by atoms with E-state index in [9.17, 15) is 13.2 Å². The van der Waals surface area contributed by atoms with Crippen molar-refractivity contribution in [2.45, 2.75) is 0 Å². The minimum Gasteiger partial charge on any atom is -0.497 e. The van der Waals surface area contributed by atoms with E-state index in [0.717, 1.165) is 6.26 Å². The van der Waals surface area contributed by atoms with Gasteiger partial charge in [-0.25, -0.2) is 8.42 Å². The first-order valence-electron chi connectivity index (χ1n) is 7.53. The average molecular weight is 380 g/mol. The highest BCUT2D eigenvalue weighted by Crippen LogP contribution is 2.28. The van der Waals surface area contributed by atoms with E-state index in [4.69, 9.17) is 14.2 Å². The second-order valence-corrected chi connectivity index (χ2v) is 7.05. The fourth-order valence-corrected chi connectivity index (χ4v) is 2.64. The second kappa shape index (κ2) is 8.43. The molecule has 8 nitrogen and oxygen atoms in total. The molecule has 0 aliphatic rings. The Morgan fingerprint density at radius 2 is 1.65 bits per heavy atom. The lowest BCUT2D eigenvalue weighted by molar-refractivity contribution is -0.118. The van der Waals surface area contributed by atoms with Crippen LogP contribution in [0.2, 0.25) is 0 Å². The van der Waals surface area contributed by atoms with Gasteiger partial charge in [0, 0.05) is 5.69 Å². The first kappa shape index (κ1) is 19.4. The number of nitrogens with one attached hydrogen (secondary N) is 2. The maximum atomic E-state index is 12.0. The molecule has 140 valence electrons. The van der Waals surface area contributed by atoms with Gasteiger partial charge in [-0.2, -0.15) is 0 Å². The largest absolute Gasteiger partial charge is 0.497 e. The molecule has 2 aromatic rings. The molecule has 0 saturated carbocycles. The minimum absolute atomic E-state index is 0.201. The first-order chi connectivity index (χ1) is 12.3. The van der Waals surface area contributed by atoms with Crippen molar-refractivity contribution in [3.63, 3.8) is 0 Å². The van der Waals surface area contributed by atoms with Crippen molar-refractivity contribution in [2.24, 2.45) is 0 Å². The van der Waals surface area contributed by atoms with Crippen molar-refractivity contribution in [3.05, 3.63) is 42.5 Å². The highest BCUT2D eigenvalue weighted by molar-refractivity contribution is 7.92. The van der Waals surface area contributed by atoms with E-state index in [1.54, 1.807) is 43.5 Å². The molecule has 0 radical (unpaired) electrons. The molecule has 9 heteroatoms. The van der Waals surface area contributed by atoms with Crippen molar-refractivity contribution in [3.8, 4) is 17.2 Å². The van der Waals surface area contributed by atoms with Gasteiger partial charge in [0.15, 0.2) is 6.61 Å². The topological polar surface area (TPSA) is 103 Å². The number of hydrogen-bond donors (Lipinski definition) is 2. The lowest BCUT2D eigenvalue weighted by Gasteiger charge is -2.13. The second-order valence-electron chi connectivity index (χ2n) is 5.30. The number of amides is 1. The number of carbonyl (C=O) groups is 1. The maximum absolute atomic E-state index is 12.0. The molecule has 2 N–H and O–H groups in total. The minimum atomic E-state index is -3.48. The molecule has 1 amide bonds. The summed E-state index contributed by atoms with van der Waals surface area (Å²) in [7, 11) is -0.504. The van der Waals surface area contributed by atoms with Gasteiger partial charge in [-0.1, -0.05) is 0 Å². The third-order valence-corrected chi connectivity index (χ3v) is 3.80.